The highest BCUT2D eigenvalue weighted by atomic mass is 15.2. The van der Waals surface area contributed by atoms with Crippen molar-refractivity contribution in [3.8, 4) is 0 Å². The van der Waals surface area contributed by atoms with Crippen molar-refractivity contribution in [3.63, 3.8) is 0 Å². The Morgan fingerprint density at radius 3 is 2.71 bits per heavy atom. The predicted molar refractivity (Wildman–Crippen MR) is 68.4 cm³/mol. The van der Waals surface area contributed by atoms with Crippen molar-refractivity contribution in [2.45, 2.75) is 39.2 Å². The molecular formula is C12H19N5. The number of aromatic nitrogens is 2. The van der Waals surface area contributed by atoms with Gasteiger partial charge in [-0.2, -0.15) is 0 Å². The van der Waals surface area contributed by atoms with Crippen molar-refractivity contribution in [1.29, 1.82) is 5.41 Å². The highest BCUT2D eigenvalue weighted by Gasteiger charge is 2.30. The van der Waals surface area contributed by atoms with Crippen molar-refractivity contribution in [2.24, 2.45) is 5.73 Å². The molecule has 0 saturated heterocycles. The van der Waals surface area contributed by atoms with Gasteiger partial charge >= 0.3 is 0 Å². The molecule has 5 nitrogen and oxygen atoms in total. The van der Waals surface area contributed by atoms with Crippen LogP contribution >= 0.6 is 0 Å². The maximum absolute atomic E-state index is 7.31. The standard InChI is InChI=1S/C12H19N5/c1-8-7-12(16-9(2)15-8)17(10-3-4-10)6-5-11(13)14/h7,10H,3-6H2,1-2H3,(H3,13,14). The number of amidine groups is 1. The van der Waals surface area contributed by atoms with Crippen LogP contribution < -0.4 is 10.6 Å². The first-order valence-electron chi connectivity index (χ1n) is 5.98. The number of nitrogens with zero attached hydrogens (tertiary/aromatic N) is 3. The van der Waals surface area contributed by atoms with Gasteiger partial charge in [-0.3, -0.25) is 5.41 Å². The largest absolute Gasteiger partial charge is 0.388 e. The molecule has 0 aromatic carbocycles. The van der Waals surface area contributed by atoms with E-state index in [9.17, 15) is 0 Å². The van der Waals surface area contributed by atoms with Gasteiger partial charge in [0, 0.05) is 30.8 Å². The molecule has 1 aliphatic carbocycles. The number of nitrogens with two attached hydrogens (primary N) is 1. The van der Waals surface area contributed by atoms with E-state index in [0.29, 0.717) is 12.5 Å². The van der Waals surface area contributed by atoms with Crippen LogP contribution in [0.25, 0.3) is 0 Å². The number of rotatable bonds is 5. The lowest BCUT2D eigenvalue weighted by Gasteiger charge is -2.23. The Kier molecular flexibility index (Phi) is 3.26. The molecule has 1 saturated carbocycles. The molecule has 2 rings (SSSR count). The van der Waals surface area contributed by atoms with E-state index in [0.717, 1.165) is 23.9 Å². The zero-order valence-corrected chi connectivity index (χ0v) is 10.4. The van der Waals surface area contributed by atoms with Crippen LogP contribution in [0.2, 0.25) is 0 Å². The average Bonchev–Trinajstić information content (AvgIpc) is 3.00. The maximum atomic E-state index is 7.31. The van der Waals surface area contributed by atoms with E-state index in [-0.39, 0.29) is 5.84 Å². The Morgan fingerprint density at radius 1 is 1.47 bits per heavy atom. The lowest BCUT2D eigenvalue weighted by Crippen LogP contribution is -2.30. The summed E-state index contributed by atoms with van der Waals surface area (Å²) in [4.78, 5) is 11.0. The summed E-state index contributed by atoms with van der Waals surface area (Å²) in [5, 5.41) is 7.31. The molecule has 0 bridgehead atoms. The summed E-state index contributed by atoms with van der Waals surface area (Å²) in [6.45, 7) is 4.66. The molecule has 1 fully saturated rings. The SMILES string of the molecule is Cc1cc(N(CCC(=N)N)C2CC2)nc(C)n1. The Balaban J connectivity index is 2.16. The summed E-state index contributed by atoms with van der Waals surface area (Å²) in [6, 6.07) is 2.58. The fourth-order valence-corrected chi connectivity index (χ4v) is 1.96. The third-order valence-electron chi connectivity index (χ3n) is 2.86. The lowest BCUT2D eigenvalue weighted by molar-refractivity contribution is 0.772. The molecule has 3 N–H and O–H groups in total. The van der Waals surface area contributed by atoms with Gasteiger partial charge in [0.25, 0.3) is 0 Å². The zero-order chi connectivity index (χ0) is 12.4. The molecule has 1 aliphatic rings. The van der Waals surface area contributed by atoms with E-state index in [1.807, 2.05) is 19.9 Å². The van der Waals surface area contributed by atoms with Crippen LogP contribution in [0.3, 0.4) is 0 Å². The fraction of sp³-hybridized carbons (Fsp3) is 0.583. The molecule has 0 amide bonds. The van der Waals surface area contributed by atoms with E-state index < -0.39 is 0 Å². The van der Waals surface area contributed by atoms with Gasteiger partial charge in [0.05, 0.1) is 5.84 Å². The van der Waals surface area contributed by atoms with E-state index in [1.165, 1.54) is 12.8 Å². The molecule has 17 heavy (non-hydrogen) atoms. The van der Waals surface area contributed by atoms with Gasteiger partial charge < -0.3 is 10.6 Å². The van der Waals surface area contributed by atoms with Crippen LogP contribution in [-0.2, 0) is 0 Å². The highest BCUT2D eigenvalue weighted by molar-refractivity contribution is 5.77. The second kappa shape index (κ2) is 4.69. The normalized spacial score (nSPS) is 14.7. The monoisotopic (exact) mass is 233 g/mol. The molecular weight excluding hydrogens is 214 g/mol. The quantitative estimate of drug-likeness (QED) is 0.595. The van der Waals surface area contributed by atoms with Crippen LogP contribution in [-0.4, -0.2) is 28.4 Å². The molecule has 0 atom stereocenters. The minimum Gasteiger partial charge on any atom is -0.388 e. The van der Waals surface area contributed by atoms with Gasteiger partial charge in [0.2, 0.25) is 0 Å². The number of nitrogens with one attached hydrogen (secondary N) is 1. The minimum absolute atomic E-state index is 0.234. The molecule has 0 unspecified atom stereocenters. The second-order valence-electron chi connectivity index (χ2n) is 4.61. The Morgan fingerprint density at radius 2 is 2.18 bits per heavy atom. The number of hydrogen-bond acceptors (Lipinski definition) is 4. The van der Waals surface area contributed by atoms with Gasteiger partial charge in [-0.05, 0) is 26.7 Å². The Bertz CT molecular complexity index is 405. The molecule has 1 aromatic rings. The van der Waals surface area contributed by atoms with Gasteiger partial charge in [0.1, 0.15) is 11.6 Å². The van der Waals surface area contributed by atoms with E-state index in [1.54, 1.807) is 0 Å². The summed E-state index contributed by atoms with van der Waals surface area (Å²) < 4.78 is 0. The molecule has 92 valence electrons. The molecule has 0 radical (unpaired) electrons. The molecule has 5 heteroatoms. The van der Waals surface area contributed by atoms with Crippen molar-refractivity contribution in [2.75, 3.05) is 11.4 Å². The third-order valence-corrected chi connectivity index (χ3v) is 2.86. The maximum Gasteiger partial charge on any atom is 0.132 e. The first kappa shape index (κ1) is 11.8. The first-order valence-corrected chi connectivity index (χ1v) is 5.98. The van der Waals surface area contributed by atoms with Crippen LogP contribution in [0.5, 0.6) is 0 Å². The fourth-order valence-electron chi connectivity index (χ4n) is 1.96. The van der Waals surface area contributed by atoms with Gasteiger partial charge in [-0.25, -0.2) is 9.97 Å². The summed E-state index contributed by atoms with van der Waals surface area (Å²) in [7, 11) is 0. The predicted octanol–water partition coefficient (Wildman–Crippen LogP) is 1.39. The summed E-state index contributed by atoms with van der Waals surface area (Å²) in [5.41, 5.74) is 6.41. The van der Waals surface area contributed by atoms with Crippen molar-refractivity contribution >= 4 is 11.7 Å². The smallest absolute Gasteiger partial charge is 0.132 e. The second-order valence-corrected chi connectivity index (χ2v) is 4.61. The molecule has 0 aliphatic heterocycles. The number of anilines is 1. The van der Waals surface area contributed by atoms with Crippen LogP contribution in [0.4, 0.5) is 5.82 Å². The molecule has 1 aromatic heterocycles. The van der Waals surface area contributed by atoms with Crippen LogP contribution in [0.1, 0.15) is 30.8 Å². The Hall–Kier alpha value is -1.65. The summed E-state index contributed by atoms with van der Waals surface area (Å²) in [6.07, 6.45) is 3.01. The van der Waals surface area contributed by atoms with Crippen molar-refractivity contribution < 1.29 is 0 Å². The molecule has 0 spiro atoms. The van der Waals surface area contributed by atoms with Gasteiger partial charge in [0.15, 0.2) is 0 Å². The third kappa shape index (κ3) is 3.15. The highest BCUT2D eigenvalue weighted by Crippen LogP contribution is 2.30. The number of hydrogen-bond donors (Lipinski definition) is 2. The molecule has 1 heterocycles. The summed E-state index contributed by atoms with van der Waals surface area (Å²) >= 11 is 0. The average molecular weight is 233 g/mol. The van der Waals surface area contributed by atoms with Crippen LogP contribution in [0.15, 0.2) is 6.07 Å². The lowest BCUT2D eigenvalue weighted by atomic mass is 10.3. The topological polar surface area (TPSA) is 78.9 Å². The van der Waals surface area contributed by atoms with E-state index in [4.69, 9.17) is 11.1 Å². The van der Waals surface area contributed by atoms with E-state index >= 15 is 0 Å². The Labute approximate surface area is 102 Å². The first-order chi connectivity index (χ1) is 8.06. The van der Waals surface area contributed by atoms with Crippen molar-refractivity contribution in [1.82, 2.24) is 9.97 Å². The zero-order valence-electron chi connectivity index (χ0n) is 10.4. The van der Waals surface area contributed by atoms with Crippen LogP contribution in [0, 0.1) is 19.3 Å². The summed E-state index contributed by atoms with van der Waals surface area (Å²) in [5.74, 6) is 2.00. The van der Waals surface area contributed by atoms with E-state index in [2.05, 4.69) is 14.9 Å². The van der Waals surface area contributed by atoms with Gasteiger partial charge in [-0.15, -0.1) is 0 Å². The van der Waals surface area contributed by atoms with Gasteiger partial charge in [-0.1, -0.05) is 0 Å². The minimum atomic E-state index is 0.234. The number of aryl methyl sites for hydroxylation is 2. The van der Waals surface area contributed by atoms with Crippen molar-refractivity contribution in [3.05, 3.63) is 17.6 Å².